The van der Waals surface area contributed by atoms with Gasteiger partial charge in [0.2, 0.25) is 5.91 Å². The van der Waals surface area contributed by atoms with E-state index < -0.39 is 11.6 Å². The van der Waals surface area contributed by atoms with Crippen LogP contribution in [0.15, 0.2) is 24.3 Å². The highest BCUT2D eigenvalue weighted by molar-refractivity contribution is 5.95. The summed E-state index contributed by atoms with van der Waals surface area (Å²) < 4.78 is 5.90. The highest BCUT2D eigenvalue weighted by Gasteiger charge is 2.41. The van der Waals surface area contributed by atoms with Crippen LogP contribution in [0.25, 0.3) is 0 Å². The molecule has 112 valence electrons. The van der Waals surface area contributed by atoms with Gasteiger partial charge in [0.25, 0.3) is 0 Å². The number of carboxylic acid groups (broad SMARTS) is 1. The number of anilines is 1. The minimum atomic E-state index is -0.873. The minimum Gasteiger partial charge on any atom is -0.484 e. The number of carboxylic acids is 1. The zero-order valence-corrected chi connectivity index (χ0v) is 11.7. The lowest BCUT2D eigenvalue weighted by Crippen LogP contribution is -2.64. The third kappa shape index (κ3) is 2.85. The standard InChI is InChI=1S/C15H18N2O4/c18-13-5-2-6-17(13)11-3-1-4-12(7-11)21-15(8-14(19)20)9-16-10-15/h1,3-4,7,16H,2,5-6,8-10H2,(H,19,20). The van der Waals surface area contributed by atoms with Crippen LogP contribution < -0.4 is 15.0 Å². The molecule has 3 rings (SSSR count). The molecule has 0 spiro atoms. The summed E-state index contributed by atoms with van der Waals surface area (Å²) in [5.74, 6) is -0.143. The van der Waals surface area contributed by atoms with E-state index in [0.717, 1.165) is 18.7 Å². The van der Waals surface area contributed by atoms with E-state index in [1.807, 2.05) is 18.2 Å². The Morgan fingerprint density at radius 2 is 2.24 bits per heavy atom. The molecule has 0 aromatic heterocycles. The molecule has 2 saturated heterocycles. The molecule has 0 bridgehead atoms. The highest BCUT2D eigenvalue weighted by Crippen LogP contribution is 2.30. The van der Waals surface area contributed by atoms with Crippen molar-refractivity contribution in [2.75, 3.05) is 24.5 Å². The molecule has 0 atom stereocenters. The molecule has 6 heteroatoms. The van der Waals surface area contributed by atoms with Crippen molar-refractivity contribution >= 4 is 17.6 Å². The van der Waals surface area contributed by atoms with Crippen molar-refractivity contribution < 1.29 is 19.4 Å². The molecule has 0 saturated carbocycles. The Morgan fingerprint density at radius 1 is 1.43 bits per heavy atom. The third-order valence-corrected chi connectivity index (χ3v) is 3.90. The Labute approximate surface area is 122 Å². The van der Waals surface area contributed by atoms with Gasteiger partial charge in [-0.2, -0.15) is 0 Å². The lowest BCUT2D eigenvalue weighted by atomic mass is 9.92. The number of benzene rings is 1. The van der Waals surface area contributed by atoms with E-state index in [-0.39, 0.29) is 12.3 Å². The van der Waals surface area contributed by atoms with Crippen molar-refractivity contribution in [1.82, 2.24) is 5.32 Å². The van der Waals surface area contributed by atoms with Crippen LogP contribution in [0.2, 0.25) is 0 Å². The summed E-state index contributed by atoms with van der Waals surface area (Å²) in [5, 5.41) is 12.0. The van der Waals surface area contributed by atoms with Gasteiger partial charge in [-0.25, -0.2) is 0 Å². The SMILES string of the molecule is O=C(O)CC1(Oc2cccc(N3CCCC3=O)c2)CNC1. The van der Waals surface area contributed by atoms with Crippen LogP contribution in [-0.2, 0) is 9.59 Å². The van der Waals surface area contributed by atoms with Gasteiger partial charge < -0.3 is 20.1 Å². The molecule has 1 aromatic carbocycles. The number of nitrogens with zero attached hydrogens (tertiary/aromatic N) is 1. The fourth-order valence-corrected chi connectivity index (χ4v) is 2.80. The van der Waals surface area contributed by atoms with Gasteiger partial charge in [0.05, 0.1) is 6.42 Å². The molecule has 2 N–H and O–H groups in total. The second-order valence-corrected chi connectivity index (χ2v) is 5.61. The number of amides is 1. The van der Waals surface area contributed by atoms with Gasteiger partial charge >= 0.3 is 5.97 Å². The van der Waals surface area contributed by atoms with Gasteiger partial charge in [0, 0.05) is 37.8 Å². The second-order valence-electron chi connectivity index (χ2n) is 5.61. The quantitative estimate of drug-likeness (QED) is 0.846. The van der Waals surface area contributed by atoms with E-state index in [2.05, 4.69) is 5.32 Å². The molecule has 0 unspecified atom stereocenters. The Morgan fingerprint density at radius 3 is 2.81 bits per heavy atom. The molecule has 21 heavy (non-hydrogen) atoms. The van der Waals surface area contributed by atoms with Crippen molar-refractivity contribution in [3.63, 3.8) is 0 Å². The first-order chi connectivity index (χ1) is 10.1. The van der Waals surface area contributed by atoms with Crippen molar-refractivity contribution in [2.45, 2.75) is 24.9 Å². The van der Waals surface area contributed by atoms with Crippen molar-refractivity contribution in [2.24, 2.45) is 0 Å². The second kappa shape index (κ2) is 5.37. The molecular weight excluding hydrogens is 272 g/mol. The smallest absolute Gasteiger partial charge is 0.307 e. The molecule has 2 heterocycles. The van der Waals surface area contributed by atoms with E-state index in [4.69, 9.17) is 9.84 Å². The molecule has 2 fully saturated rings. The van der Waals surface area contributed by atoms with Crippen LogP contribution in [0.5, 0.6) is 5.75 Å². The molecule has 2 aliphatic heterocycles. The van der Waals surface area contributed by atoms with Crippen LogP contribution in [0.4, 0.5) is 5.69 Å². The van der Waals surface area contributed by atoms with E-state index in [0.29, 0.717) is 25.3 Å². The number of hydrogen-bond donors (Lipinski definition) is 2. The maximum absolute atomic E-state index is 11.8. The zero-order valence-electron chi connectivity index (χ0n) is 11.7. The van der Waals surface area contributed by atoms with E-state index >= 15 is 0 Å². The van der Waals surface area contributed by atoms with Crippen LogP contribution in [0, 0.1) is 0 Å². The van der Waals surface area contributed by atoms with E-state index in [1.165, 1.54) is 0 Å². The Kier molecular flexibility index (Phi) is 3.55. The Balaban J connectivity index is 1.76. The number of carbonyl (C=O) groups is 2. The first kappa shape index (κ1) is 13.9. The summed E-state index contributed by atoms with van der Waals surface area (Å²) >= 11 is 0. The maximum Gasteiger partial charge on any atom is 0.307 e. The molecule has 1 aromatic rings. The number of aliphatic carboxylic acids is 1. The Bertz CT molecular complexity index is 569. The predicted octanol–water partition coefficient (Wildman–Crippen LogP) is 1.01. The average molecular weight is 290 g/mol. The summed E-state index contributed by atoms with van der Waals surface area (Å²) in [7, 11) is 0. The molecule has 0 radical (unpaired) electrons. The van der Waals surface area contributed by atoms with Crippen molar-refractivity contribution in [1.29, 1.82) is 0 Å². The molecule has 1 amide bonds. The third-order valence-electron chi connectivity index (χ3n) is 3.90. The lowest BCUT2D eigenvalue weighted by molar-refractivity contribution is -0.143. The zero-order chi connectivity index (χ0) is 14.9. The minimum absolute atomic E-state index is 0.0348. The Hall–Kier alpha value is -2.08. The van der Waals surface area contributed by atoms with Crippen LogP contribution in [0.3, 0.4) is 0 Å². The van der Waals surface area contributed by atoms with Crippen LogP contribution in [-0.4, -0.2) is 42.2 Å². The van der Waals surface area contributed by atoms with Crippen molar-refractivity contribution in [3.8, 4) is 5.75 Å². The van der Waals surface area contributed by atoms with Gasteiger partial charge in [-0.05, 0) is 18.6 Å². The fourth-order valence-electron chi connectivity index (χ4n) is 2.80. The first-order valence-electron chi connectivity index (χ1n) is 7.10. The monoisotopic (exact) mass is 290 g/mol. The van der Waals surface area contributed by atoms with Crippen molar-refractivity contribution in [3.05, 3.63) is 24.3 Å². The highest BCUT2D eigenvalue weighted by atomic mass is 16.5. The number of hydrogen-bond acceptors (Lipinski definition) is 4. The fraction of sp³-hybridized carbons (Fsp3) is 0.467. The lowest BCUT2D eigenvalue weighted by Gasteiger charge is -2.41. The van der Waals surface area contributed by atoms with Gasteiger partial charge in [-0.1, -0.05) is 6.07 Å². The summed E-state index contributed by atoms with van der Waals surface area (Å²) in [6.07, 6.45) is 1.42. The maximum atomic E-state index is 11.8. The first-order valence-corrected chi connectivity index (χ1v) is 7.10. The number of carbonyl (C=O) groups excluding carboxylic acids is 1. The summed E-state index contributed by atoms with van der Waals surface area (Å²) in [6, 6.07) is 7.31. The van der Waals surface area contributed by atoms with Crippen LogP contribution in [0.1, 0.15) is 19.3 Å². The normalized spacial score (nSPS) is 20.2. The van der Waals surface area contributed by atoms with Crippen LogP contribution >= 0.6 is 0 Å². The largest absolute Gasteiger partial charge is 0.484 e. The molecule has 6 nitrogen and oxygen atoms in total. The van der Waals surface area contributed by atoms with Gasteiger partial charge in [-0.3, -0.25) is 9.59 Å². The average Bonchev–Trinajstić information content (AvgIpc) is 2.82. The number of nitrogens with one attached hydrogen (secondary N) is 1. The topological polar surface area (TPSA) is 78.9 Å². The van der Waals surface area contributed by atoms with Gasteiger partial charge in [0.15, 0.2) is 0 Å². The number of rotatable bonds is 5. The number of ether oxygens (including phenoxy) is 1. The summed E-state index contributed by atoms with van der Waals surface area (Å²) in [4.78, 5) is 24.5. The van der Waals surface area contributed by atoms with Gasteiger partial charge in [0.1, 0.15) is 11.4 Å². The predicted molar refractivity (Wildman–Crippen MR) is 76.5 cm³/mol. The van der Waals surface area contributed by atoms with E-state index in [9.17, 15) is 9.59 Å². The van der Waals surface area contributed by atoms with Gasteiger partial charge in [-0.15, -0.1) is 0 Å². The molecule has 2 aliphatic rings. The summed E-state index contributed by atoms with van der Waals surface area (Å²) in [5.41, 5.74) is 0.132. The molecular formula is C15H18N2O4. The van der Waals surface area contributed by atoms with E-state index in [1.54, 1.807) is 11.0 Å². The summed E-state index contributed by atoms with van der Waals surface area (Å²) in [6.45, 7) is 1.77. The molecule has 0 aliphatic carbocycles.